The number of nitrogens with zero attached hydrogens (tertiary/aromatic N) is 1. The van der Waals surface area contributed by atoms with E-state index >= 15 is 0 Å². The van der Waals surface area contributed by atoms with Crippen molar-refractivity contribution in [3.63, 3.8) is 0 Å². The molecule has 1 heterocycles. The van der Waals surface area contributed by atoms with Crippen LogP contribution in [0.1, 0.15) is 35.0 Å². The Hall–Kier alpha value is -3.09. The van der Waals surface area contributed by atoms with Crippen molar-refractivity contribution in [2.45, 2.75) is 25.8 Å². The van der Waals surface area contributed by atoms with Crippen LogP contribution < -0.4 is 14.8 Å². The molecule has 0 saturated carbocycles. The summed E-state index contributed by atoms with van der Waals surface area (Å²) in [5.41, 5.74) is 0.414. The van der Waals surface area contributed by atoms with Gasteiger partial charge in [-0.3, -0.25) is 9.59 Å². The third-order valence-electron chi connectivity index (χ3n) is 4.04. The van der Waals surface area contributed by atoms with Gasteiger partial charge in [0.15, 0.2) is 0 Å². The lowest BCUT2D eigenvalue weighted by atomic mass is 9.88. The SMILES string of the molecule is COc1cccc(C(C)(CC(=O)O)NC(=O)c2ccc(C)nc2OC)c1. The second-order valence-corrected chi connectivity index (χ2v) is 6.10. The number of carbonyl (C=O) groups excluding carboxylic acids is 1. The van der Waals surface area contributed by atoms with Crippen LogP contribution in [-0.2, 0) is 10.3 Å². The van der Waals surface area contributed by atoms with E-state index in [9.17, 15) is 14.7 Å². The van der Waals surface area contributed by atoms with E-state index in [1.54, 1.807) is 50.2 Å². The van der Waals surface area contributed by atoms with Gasteiger partial charge in [-0.25, -0.2) is 4.98 Å². The predicted molar refractivity (Wildman–Crippen MR) is 95.6 cm³/mol. The number of pyridine rings is 1. The summed E-state index contributed by atoms with van der Waals surface area (Å²) in [4.78, 5) is 28.4. The van der Waals surface area contributed by atoms with E-state index in [1.165, 1.54) is 14.2 Å². The monoisotopic (exact) mass is 358 g/mol. The minimum Gasteiger partial charge on any atom is -0.497 e. The van der Waals surface area contributed by atoms with Crippen molar-refractivity contribution in [2.75, 3.05) is 14.2 Å². The van der Waals surface area contributed by atoms with Crippen molar-refractivity contribution in [1.82, 2.24) is 10.3 Å². The number of carboxylic acid groups (broad SMARTS) is 1. The van der Waals surface area contributed by atoms with Crippen molar-refractivity contribution in [1.29, 1.82) is 0 Å². The number of benzene rings is 1. The van der Waals surface area contributed by atoms with Crippen LogP contribution in [0.5, 0.6) is 11.6 Å². The number of amides is 1. The van der Waals surface area contributed by atoms with Gasteiger partial charge in [0.05, 0.1) is 26.2 Å². The average molecular weight is 358 g/mol. The molecule has 1 aromatic heterocycles. The predicted octanol–water partition coefficient (Wildman–Crippen LogP) is 2.53. The highest BCUT2D eigenvalue weighted by Crippen LogP contribution is 2.29. The number of aromatic nitrogens is 1. The van der Waals surface area contributed by atoms with Crippen LogP contribution in [0.15, 0.2) is 36.4 Å². The Labute approximate surface area is 152 Å². The van der Waals surface area contributed by atoms with Crippen molar-refractivity contribution in [2.24, 2.45) is 0 Å². The number of hydrogen-bond acceptors (Lipinski definition) is 5. The smallest absolute Gasteiger partial charge is 0.306 e. The topological polar surface area (TPSA) is 97.8 Å². The fourth-order valence-corrected chi connectivity index (χ4v) is 2.67. The lowest BCUT2D eigenvalue weighted by Crippen LogP contribution is -2.45. The third kappa shape index (κ3) is 4.30. The maximum atomic E-state index is 12.8. The Bertz CT molecular complexity index is 821. The molecule has 1 amide bonds. The van der Waals surface area contributed by atoms with Crippen molar-refractivity contribution in [3.05, 3.63) is 53.2 Å². The standard InChI is InChI=1S/C19H22N2O5/c1-12-8-9-15(18(20-12)26-4)17(24)21-19(2,11-16(22)23)13-6-5-7-14(10-13)25-3/h5-10H,11H2,1-4H3,(H,21,24)(H,22,23). The molecule has 0 radical (unpaired) electrons. The van der Waals surface area contributed by atoms with E-state index in [0.29, 0.717) is 17.0 Å². The second kappa shape index (κ2) is 7.86. The molecule has 0 spiro atoms. The Morgan fingerprint density at radius 2 is 1.92 bits per heavy atom. The van der Waals surface area contributed by atoms with Gasteiger partial charge >= 0.3 is 5.97 Å². The lowest BCUT2D eigenvalue weighted by Gasteiger charge is -2.30. The van der Waals surface area contributed by atoms with Crippen molar-refractivity contribution in [3.8, 4) is 11.6 Å². The molecule has 26 heavy (non-hydrogen) atoms. The first kappa shape index (κ1) is 19.2. The molecule has 1 aromatic carbocycles. The molecule has 0 aliphatic carbocycles. The highest BCUT2D eigenvalue weighted by molar-refractivity contribution is 5.97. The lowest BCUT2D eigenvalue weighted by molar-refractivity contribution is -0.138. The Kier molecular flexibility index (Phi) is 5.82. The number of methoxy groups -OCH3 is 2. The Morgan fingerprint density at radius 3 is 2.54 bits per heavy atom. The molecule has 138 valence electrons. The molecule has 0 bridgehead atoms. The fraction of sp³-hybridized carbons (Fsp3) is 0.316. The first-order valence-corrected chi connectivity index (χ1v) is 7.99. The minimum absolute atomic E-state index is 0.186. The molecular formula is C19H22N2O5. The summed E-state index contributed by atoms with van der Waals surface area (Å²) < 4.78 is 10.4. The second-order valence-electron chi connectivity index (χ2n) is 6.10. The Balaban J connectivity index is 2.41. The summed E-state index contributed by atoms with van der Waals surface area (Å²) in [5.74, 6) is -0.751. The fourth-order valence-electron chi connectivity index (χ4n) is 2.67. The molecule has 2 N–H and O–H groups in total. The number of ether oxygens (including phenoxy) is 2. The summed E-state index contributed by atoms with van der Waals surface area (Å²) >= 11 is 0. The average Bonchev–Trinajstić information content (AvgIpc) is 2.60. The molecule has 7 nitrogen and oxygen atoms in total. The van der Waals surface area contributed by atoms with Crippen LogP contribution in [0, 0.1) is 6.92 Å². The number of carboxylic acids is 1. The van der Waals surface area contributed by atoms with E-state index in [1.807, 2.05) is 0 Å². The molecule has 0 fully saturated rings. The molecule has 1 atom stereocenters. The van der Waals surface area contributed by atoms with E-state index in [0.717, 1.165) is 0 Å². The van der Waals surface area contributed by atoms with Crippen LogP contribution >= 0.6 is 0 Å². The van der Waals surface area contributed by atoms with E-state index < -0.39 is 17.4 Å². The van der Waals surface area contributed by atoms with Gasteiger partial charge in [0.2, 0.25) is 5.88 Å². The highest BCUT2D eigenvalue weighted by Gasteiger charge is 2.33. The van der Waals surface area contributed by atoms with E-state index in [-0.39, 0.29) is 17.9 Å². The van der Waals surface area contributed by atoms with Crippen molar-refractivity contribution < 1.29 is 24.2 Å². The van der Waals surface area contributed by atoms with Crippen molar-refractivity contribution >= 4 is 11.9 Å². The number of rotatable bonds is 7. The summed E-state index contributed by atoms with van der Waals surface area (Å²) in [5, 5.41) is 12.1. The quantitative estimate of drug-likeness (QED) is 0.789. The molecule has 7 heteroatoms. The zero-order valence-electron chi connectivity index (χ0n) is 15.2. The zero-order valence-corrected chi connectivity index (χ0v) is 15.2. The number of nitrogens with one attached hydrogen (secondary N) is 1. The van der Waals surface area contributed by atoms with Crippen LogP contribution in [0.2, 0.25) is 0 Å². The van der Waals surface area contributed by atoms with Gasteiger partial charge < -0.3 is 19.9 Å². The minimum atomic E-state index is -1.15. The van der Waals surface area contributed by atoms with Crippen LogP contribution in [0.3, 0.4) is 0 Å². The summed E-state index contributed by atoms with van der Waals surface area (Å²) in [6.07, 6.45) is -0.298. The van der Waals surface area contributed by atoms with Crippen LogP contribution in [0.25, 0.3) is 0 Å². The number of aliphatic carboxylic acids is 1. The first-order valence-electron chi connectivity index (χ1n) is 7.99. The largest absolute Gasteiger partial charge is 0.497 e. The van der Waals surface area contributed by atoms with Gasteiger partial charge in [0, 0.05) is 5.69 Å². The van der Waals surface area contributed by atoms with Gasteiger partial charge in [-0.05, 0) is 43.7 Å². The van der Waals surface area contributed by atoms with Gasteiger partial charge in [-0.15, -0.1) is 0 Å². The van der Waals surface area contributed by atoms with Gasteiger partial charge in [-0.1, -0.05) is 12.1 Å². The maximum Gasteiger partial charge on any atom is 0.306 e. The summed E-state index contributed by atoms with van der Waals surface area (Å²) in [6, 6.07) is 10.2. The summed E-state index contributed by atoms with van der Waals surface area (Å²) in [6.45, 7) is 3.44. The molecule has 0 aliphatic rings. The van der Waals surface area contributed by atoms with Gasteiger partial charge in [0.25, 0.3) is 5.91 Å². The number of hydrogen-bond donors (Lipinski definition) is 2. The van der Waals surface area contributed by atoms with Gasteiger partial charge in [-0.2, -0.15) is 0 Å². The molecule has 2 aromatic rings. The number of aryl methyl sites for hydroxylation is 1. The molecular weight excluding hydrogens is 336 g/mol. The third-order valence-corrected chi connectivity index (χ3v) is 4.04. The molecule has 2 rings (SSSR count). The molecule has 0 aliphatic heterocycles. The summed E-state index contributed by atoms with van der Waals surface area (Å²) in [7, 11) is 2.95. The van der Waals surface area contributed by atoms with Crippen LogP contribution in [0.4, 0.5) is 0 Å². The maximum absolute atomic E-state index is 12.8. The Morgan fingerprint density at radius 1 is 1.19 bits per heavy atom. The highest BCUT2D eigenvalue weighted by atomic mass is 16.5. The molecule has 0 saturated heterocycles. The van der Waals surface area contributed by atoms with E-state index in [2.05, 4.69) is 10.3 Å². The van der Waals surface area contributed by atoms with Crippen LogP contribution in [-0.4, -0.2) is 36.2 Å². The van der Waals surface area contributed by atoms with E-state index in [4.69, 9.17) is 9.47 Å². The molecule has 1 unspecified atom stereocenters. The normalized spacial score (nSPS) is 12.8. The van der Waals surface area contributed by atoms with Gasteiger partial charge in [0.1, 0.15) is 11.3 Å². The zero-order chi connectivity index (χ0) is 19.3. The number of carbonyl (C=O) groups is 2. The first-order chi connectivity index (χ1) is 12.3.